The lowest BCUT2D eigenvalue weighted by atomic mass is 9.89. The molecule has 1 atom stereocenters. The van der Waals surface area contributed by atoms with E-state index < -0.39 is 11.5 Å². The molecular formula is C19H20N2O4S. The molecule has 0 spiro atoms. The summed E-state index contributed by atoms with van der Waals surface area (Å²) < 4.78 is 5.36. The molecule has 3 heterocycles. The molecule has 0 saturated carbocycles. The van der Waals surface area contributed by atoms with Crippen LogP contribution in [0.4, 0.5) is 5.69 Å². The van der Waals surface area contributed by atoms with Gasteiger partial charge in [-0.1, -0.05) is 24.3 Å². The first-order valence-electron chi connectivity index (χ1n) is 8.60. The third-order valence-corrected chi connectivity index (χ3v) is 5.81. The Morgan fingerprint density at radius 2 is 1.96 bits per heavy atom. The van der Waals surface area contributed by atoms with Crippen molar-refractivity contribution < 1.29 is 19.4 Å². The van der Waals surface area contributed by atoms with E-state index in [4.69, 9.17) is 4.74 Å². The van der Waals surface area contributed by atoms with Crippen molar-refractivity contribution >= 4 is 28.7 Å². The van der Waals surface area contributed by atoms with Gasteiger partial charge in [0.25, 0.3) is 5.91 Å². The van der Waals surface area contributed by atoms with Crippen molar-refractivity contribution in [1.29, 1.82) is 0 Å². The van der Waals surface area contributed by atoms with Crippen LogP contribution >= 0.6 is 11.3 Å². The minimum absolute atomic E-state index is 0.223. The van der Waals surface area contributed by atoms with Crippen LogP contribution in [0.25, 0.3) is 0 Å². The highest BCUT2D eigenvalue weighted by molar-refractivity contribution is 7.12. The quantitative estimate of drug-likeness (QED) is 0.811. The van der Waals surface area contributed by atoms with Crippen LogP contribution < -0.4 is 4.90 Å². The van der Waals surface area contributed by atoms with E-state index >= 15 is 0 Å². The van der Waals surface area contributed by atoms with Gasteiger partial charge in [-0.3, -0.25) is 19.4 Å². The van der Waals surface area contributed by atoms with Crippen molar-refractivity contribution in [3.63, 3.8) is 0 Å². The third-order valence-electron chi connectivity index (χ3n) is 4.90. The fraction of sp³-hybridized carbons (Fsp3) is 0.368. The molecule has 4 rings (SSSR count). The Hall–Kier alpha value is -2.06. The van der Waals surface area contributed by atoms with Crippen LogP contribution in [-0.4, -0.2) is 54.7 Å². The summed E-state index contributed by atoms with van der Waals surface area (Å²) in [4.78, 5) is 30.0. The van der Waals surface area contributed by atoms with E-state index in [1.165, 1.54) is 11.3 Å². The third kappa shape index (κ3) is 2.97. The van der Waals surface area contributed by atoms with Crippen LogP contribution in [0.2, 0.25) is 0 Å². The molecule has 136 valence electrons. The predicted octanol–water partition coefficient (Wildman–Crippen LogP) is 1.84. The Labute approximate surface area is 155 Å². The summed E-state index contributed by atoms with van der Waals surface area (Å²) in [6, 6.07) is 10.7. The van der Waals surface area contributed by atoms with Gasteiger partial charge < -0.3 is 9.84 Å². The Bertz CT molecular complexity index is 817. The van der Waals surface area contributed by atoms with Gasteiger partial charge in [-0.2, -0.15) is 0 Å². The highest BCUT2D eigenvalue weighted by Crippen LogP contribution is 2.43. The molecule has 0 bridgehead atoms. The number of fused-ring (bicyclic) bond motifs is 1. The first kappa shape index (κ1) is 17.4. The zero-order valence-electron chi connectivity index (χ0n) is 14.3. The molecule has 2 aromatic rings. The Kier molecular flexibility index (Phi) is 4.62. The number of aliphatic hydroxyl groups is 1. The number of amides is 1. The number of ether oxygens (including phenoxy) is 1. The second-order valence-electron chi connectivity index (χ2n) is 6.56. The summed E-state index contributed by atoms with van der Waals surface area (Å²) in [5, 5.41) is 13.0. The molecule has 1 amide bonds. The molecule has 1 fully saturated rings. The second kappa shape index (κ2) is 6.92. The van der Waals surface area contributed by atoms with Crippen LogP contribution in [0.15, 0.2) is 41.8 Å². The fourth-order valence-corrected chi connectivity index (χ4v) is 4.18. The van der Waals surface area contributed by atoms with Crippen LogP contribution in [0, 0.1) is 0 Å². The predicted molar refractivity (Wildman–Crippen MR) is 98.4 cm³/mol. The first-order valence-corrected chi connectivity index (χ1v) is 9.48. The lowest BCUT2D eigenvalue weighted by Crippen LogP contribution is -2.49. The molecule has 26 heavy (non-hydrogen) atoms. The number of Topliss-reactive ketones (excluding diaryl/α,β-unsaturated/α-hetero) is 1. The van der Waals surface area contributed by atoms with Crippen LogP contribution in [0.3, 0.4) is 0 Å². The number of hydrogen-bond donors (Lipinski definition) is 1. The van der Waals surface area contributed by atoms with Crippen molar-refractivity contribution in [1.82, 2.24) is 4.90 Å². The van der Waals surface area contributed by atoms with Gasteiger partial charge in [0.15, 0.2) is 11.4 Å². The van der Waals surface area contributed by atoms with E-state index in [1.807, 2.05) is 17.5 Å². The minimum Gasteiger partial charge on any atom is -0.379 e. The van der Waals surface area contributed by atoms with Gasteiger partial charge >= 0.3 is 0 Å². The zero-order valence-corrected chi connectivity index (χ0v) is 15.1. The van der Waals surface area contributed by atoms with E-state index in [0.29, 0.717) is 36.0 Å². The van der Waals surface area contributed by atoms with E-state index in [1.54, 1.807) is 29.2 Å². The number of ketones is 1. The largest absolute Gasteiger partial charge is 0.379 e. The van der Waals surface area contributed by atoms with Crippen molar-refractivity contribution in [2.24, 2.45) is 0 Å². The van der Waals surface area contributed by atoms with Gasteiger partial charge in [0.1, 0.15) is 0 Å². The van der Waals surface area contributed by atoms with E-state index in [9.17, 15) is 14.7 Å². The van der Waals surface area contributed by atoms with Gasteiger partial charge in [-0.15, -0.1) is 11.3 Å². The van der Waals surface area contributed by atoms with E-state index in [-0.39, 0.29) is 12.2 Å². The monoisotopic (exact) mass is 372 g/mol. The number of nitrogens with zero attached hydrogens (tertiary/aromatic N) is 2. The van der Waals surface area contributed by atoms with E-state index in [2.05, 4.69) is 4.90 Å². The number of hydrogen-bond acceptors (Lipinski definition) is 6. The molecule has 2 aliphatic heterocycles. The maximum Gasteiger partial charge on any atom is 0.265 e. The lowest BCUT2D eigenvalue weighted by molar-refractivity contribution is -0.136. The maximum atomic E-state index is 13.1. The number of morpholine rings is 1. The summed E-state index contributed by atoms with van der Waals surface area (Å²) in [5.74, 6) is -0.658. The molecule has 1 aromatic heterocycles. The summed E-state index contributed by atoms with van der Waals surface area (Å²) >= 11 is 1.32. The fourth-order valence-electron chi connectivity index (χ4n) is 3.52. The summed E-state index contributed by atoms with van der Waals surface area (Å²) in [6.45, 7) is 3.11. The number of thiophene rings is 1. The van der Waals surface area contributed by atoms with Gasteiger partial charge in [0.05, 0.1) is 36.9 Å². The lowest BCUT2D eigenvalue weighted by Gasteiger charge is -2.31. The van der Waals surface area contributed by atoms with Crippen LogP contribution in [-0.2, 0) is 15.1 Å². The molecule has 6 nitrogen and oxygen atoms in total. The maximum absolute atomic E-state index is 13.1. The average molecular weight is 372 g/mol. The van der Waals surface area contributed by atoms with E-state index in [0.717, 1.165) is 13.1 Å². The van der Waals surface area contributed by atoms with Gasteiger partial charge in [0, 0.05) is 18.7 Å². The number of para-hydroxylation sites is 1. The normalized spacial score (nSPS) is 23.3. The van der Waals surface area contributed by atoms with Crippen LogP contribution in [0.1, 0.15) is 21.7 Å². The van der Waals surface area contributed by atoms with Crippen LogP contribution in [0.5, 0.6) is 0 Å². The van der Waals surface area contributed by atoms with Gasteiger partial charge in [-0.25, -0.2) is 0 Å². The Balaban J connectivity index is 1.63. The Morgan fingerprint density at radius 3 is 2.69 bits per heavy atom. The second-order valence-corrected chi connectivity index (χ2v) is 7.51. The highest BCUT2D eigenvalue weighted by Gasteiger charge is 2.51. The first-order chi connectivity index (χ1) is 12.6. The summed E-state index contributed by atoms with van der Waals surface area (Å²) in [6.07, 6.45) is -0.247. The molecule has 0 radical (unpaired) electrons. The smallest absolute Gasteiger partial charge is 0.265 e. The summed E-state index contributed by atoms with van der Waals surface area (Å²) in [7, 11) is 0. The van der Waals surface area contributed by atoms with Crippen molar-refractivity contribution in [2.75, 3.05) is 37.9 Å². The molecule has 1 saturated heterocycles. The van der Waals surface area contributed by atoms with Crippen molar-refractivity contribution in [3.05, 3.63) is 52.2 Å². The van der Waals surface area contributed by atoms with Crippen molar-refractivity contribution in [3.8, 4) is 0 Å². The molecular weight excluding hydrogens is 352 g/mol. The Morgan fingerprint density at radius 1 is 1.19 bits per heavy atom. The topological polar surface area (TPSA) is 70.1 Å². The molecule has 0 unspecified atom stereocenters. The number of carbonyl (C=O) groups is 2. The number of anilines is 1. The molecule has 1 N–H and O–H groups in total. The minimum atomic E-state index is -1.82. The molecule has 2 aliphatic rings. The van der Waals surface area contributed by atoms with Gasteiger partial charge in [-0.05, 0) is 17.5 Å². The van der Waals surface area contributed by atoms with Gasteiger partial charge in [0.2, 0.25) is 0 Å². The summed E-state index contributed by atoms with van der Waals surface area (Å²) in [5.41, 5.74) is -0.641. The van der Waals surface area contributed by atoms with Crippen molar-refractivity contribution in [2.45, 2.75) is 12.0 Å². The standard InChI is InChI=1S/C19H20N2O4S/c22-16(17-6-3-11-26-17)12-19(24)14-4-1-2-5-15(14)21(18(19)23)13-20-7-9-25-10-8-20/h1-6,11,24H,7-10,12-13H2/t19-/m0/s1. The SMILES string of the molecule is O=C(C[C@@]1(O)C(=O)N(CN2CCOCC2)c2ccccc21)c1cccs1. The average Bonchev–Trinajstić information content (AvgIpc) is 3.26. The number of benzene rings is 1. The number of rotatable bonds is 5. The molecule has 1 aromatic carbocycles. The molecule has 7 heteroatoms. The number of carbonyl (C=O) groups excluding carboxylic acids is 2. The molecule has 0 aliphatic carbocycles. The highest BCUT2D eigenvalue weighted by atomic mass is 32.1. The zero-order chi connectivity index (χ0) is 18.1.